The van der Waals surface area contributed by atoms with E-state index in [-0.39, 0.29) is 43.4 Å². The van der Waals surface area contributed by atoms with E-state index >= 15 is 0 Å². The molecule has 2 rings (SSSR count). The zero-order chi connectivity index (χ0) is 7.52. The van der Waals surface area contributed by atoms with Gasteiger partial charge in [-0.3, -0.25) is 0 Å². The minimum Gasteiger partial charge on any atom is -1.00 e. The van der Waals surface area contributed by atoms with Crippen LogP contribution in [0.2, 0.25) is 0 Å². The van der Waals surface area contributed by atoms with Crippen LogP contribution in [0.3, 0.4) is 0 Å². The average molecular weight is 297 g/mol. The molecule has 0 aliphatic heterocycles. The summed E-state index contributed by atoms with van der Waals surface area (Å²) in [4.78, 5) is 0. The van der Waals surface area contributed by atoms with Crippen LogP contribution in [0.5, 0.6) is 0 Å². The monoisotopic (exact) mass is 298 g/mol. The fourth-order valence-electron chi connectivity index (χ4n) is 1.17. The first-order valence-corrected chi connectivity index (χ1v) is 5.85. The number of hydrogen-bond acceptors (Lipinski definition) is 0. The summed E-state index contributed by atoms with van der Waals surface area (Å²) in [6.45, 7) is 0. The first kappa shape index (κ1) is 13.2. The second-order valence-electron chi connectivity index (χ2n) is 2.63. The van der Waals surface area contributed by atoms with Crippen molar-refractivity contribution in [3.8, 4) is 0 Å². The minimum atomic E-state index is 0. The number of hydrogen-bond donors (Lipinski definition) is 0. The number of halogens is 2. The molecule has 0 atom stereocenters. The fraction of sp³-hybridized carbons (Fsp3) is 0.200. The number of allylic oxidation sites excluding steroid dienone is 8. The Kier molecular flexibility index (Phi) is 6.76. The van der Waals surface area contributed by atoms with Crippen LogP contribution in [0.4, 0.5) is 0 Å². The van der Waals surface area contributed by atoms with Crippen LogP contribution in [-0.2, 0) is 18.6 Å². The van der Waals surface area contributed by atoms with Gasteiger partial charge in [0, 0.05) is 0 Å². The molecule has 0 fully saturated rings. The molecule has 0 radical (unpaired) electrons. The van der Waals surface area contributed by atoms with E-state index in [1.54, 1.807) is 7.93 Å². The molecule has 0 amide bonds. The first-order valence-electron chi connectivity index (χ1n) is 3.84. The maximum atomic E-state index is 2.29. The molecule has 0 saturated heterocycles. The molecular weight excluding hydrogens is 287 g/mol. The summed E-state index contributed by atoms with van der Waals surface area (Å²) in [5.41, 5.74) is 0. The molecule has 0 nitrogen and oxygen atoms in total. The quantitative estimate of drug-likeness (QED) is 0.470. The summed E-state index contributed by atoms with van der Waals surface area (Å²) >= 11 is 0.0394. The Morgan fingerprint density at radius 1 is 0.846 bits per heavy atom. The molecule has 70 valence electrons. The van der Waals surface area contributed by atoms with Crippen LogP contribution < -0.4 is 24.8 Å². The Labute approximate surface area is 100 Å². The van der Waals surface area contributed by atoms with E-state index in [2.05, 4.69) is 36.5 Å². The van der Waals surface area contributed by atoms with Crippen molar-refractivity contribution in [2.24, 2.45) is 0 Å². The van der Waals surface area contributed by atoms with Crippen molar-refractivity contribution in [2.45, 2.75) is 12.8 Å². The topological polar surface area (TPSA) is 0 Å². The van der Waals surface area contributed by atoms with Gasteiger partial charge in [-0.25, -0.2) is 0 Å². The molecule has 0 saturated carbocycles. The van der Waals surface area contributed by atoms with Crippen LogP contribution in [0.1, 0.15) is 12.8 Å². The molecule has 0 aromatic rings. The summed E-state index contributed by atoms with van der Waals surface area (Å²) in [5.74, 6) is 0. The Morgan fingerprint density at radius 2 is 1.31 bits per heavy atom. The molecule has 0 bridgehead atoms. The summed E-state index contributed by atoms with van der Waals surface area (Å²) in [5, 5.41) is 0. The molecule has 0 spiro atoms. The third-order valence-electron chi connectivity index (χ3n) is 1.74. The van der Waals surface area contributed by atoms with E-state index in [0.29, 0.717) is 0 Å². The molecule has 0 unspecified atom stereocenters. The number of rotatable bonds is 2. The van der Waals surface area contributed by atoms with Crippen LogP contribution in [0.15, 0.2) is 44.4 Å². The third-order valence-corrected chi connectivity index (χ3v) is 4.51. The van der Waals surface area contributed by atoms with Gasteiger partial charge in [0.15, 0.2) is 0 Å². The Morgan fingerprint density at radius 3 is 1.62 bits per heavy atom. The van der Waals surface area contributed by atoms with Crippen molar-refractivity contribution in [3.05, 3.63) is 44.4 Å². The van der Waals surface area contributed by atoms with Gasteiger partial charge in [-0.05, 0) is 0 Å². The standard InChI is InChI=1S/2C5H5.2ClH.Mo/c2*1-2-4-5-3-1;;;/h2*1-3H,4H2;2*1H;/q;;;;+2/p-2. The fourth-order valence-corrected chi connectivity index (χ4v) is 3.61. The van der Waals surface area contributed by atoms with E-state index in [0.717, 1.165) is 0 Å². The summed E-state index contributed by atoms with van der Waals surface area (Å²) in [6.07, 6.45) is 15.9. The maximum absolute atomic E-state index is 2.29. The second-order valence-corrected chi connectivity index (χ2v) is 5.71. The minimum absolute atomic E-state index is 0. The zero-order valence-corrected chi connectivity index (χ0v) is 10.6. The predicted molar refractivity (Wildman–Crippen MR) is 43.7 cm³/mol. The van der Waals surface area contributed by atoms with E-state index in [9.17, 15) is 0 Å². The summed E-state index contributed by atoms with van der Waals surface area (Å²) < 4.78 is 3.37. The molecule has 3 heteroatoms. The molecule has 0 N–H and O–H groups in total. The van der Waals surface area contributed by atoms with Crippen molar-refractivity contribution < 1.29 is 43.4 Å². The van der Waals surface area contributed by atoms with Crippen molar-refractivity contribution >= 4 is 0 Å². The molecule has 0 aromatic heterocycles. The molecule has 2 aliphatic carbocycles. The molecule has 0 heterocycles. The van der Waals surface area contributed by atoms with Gasteiger partial charge in [-0.1, -0.05) is 0 Å². The van der Waals surface area contributed by atoms with Gasteiger partial charge in [0.2, 0.25) is 0 Å². The largest absolute Gasteiger partial charge is 1.00 e. The molecule has 2 aliphatic rings. The van der Waals surface area contributed by atoms with Crippen LogP contribution >= 0.6 is 0 Å². The Hall–Kier alpha value is 0.228. The normalized spacial score (nSPS) is 17.2. The Bertz CT molecular complexity index is 247. The smallest absolute Gasteiger partial charge is 1.00 e. The van der Waals surface area contributed by atoms with Gasteiger partial charge < -0.3 is 24.8 Å². The van der Waals surface area contributed by atoms with Crippen molar-refractivity contribution in [2.75, 3.05) is 0 Å². The summed E-state index contributed by atoms with van der Waals surface area (Å²) in [6, 6.07) is 0. The molecule has 13 heavy (non-hydrogen) atoms. The van der Waals surface area contributed by atoms with Crippen molar-refractivity contribution in [1.82, 2.24) is 0 Å². The molecule has 0 aromatic carbocycles. The van der Waals surface area contributed by atoms with E-state index < -0.39 is 0 Å². The average Bonchev–Trinajstić information content (AvgIpc) is 2.60. The third kappa shape index (κ3) is 3.85. The second kappa shape index (κ2) is 6.65. The van der Waals surface area contributed by atoms with Gasteiger partial charge in [-0.2, -0.15) is 0 Å². The van der Waals surface area contributed by atoms with Gasteiger partial charge in [0.25, 0.3) is 0 Å². The van der Waals surface area contributed by atoms with Crippen LogP contribution in [0.25, 0.3) is 0 Å². The predicted octanol–water partition coefficient (Wildman–Crippen LogP) is -3.24. The van der Waals surface area contributed by atoms with Crippen LogP contribution in [0, 0.1) is 0 Å². The Balaban J connectivity index is 0.000000720. The molecular formula is C10H10Cl2Mo. The van der Waals surface area contributed by atoms with Gasteiger partial charge in [0.05, 0.1) is 0 Å². The summed E-state index contributed by atoms with van der Waals surface area (Å²) in [7, 11) is 0. The van der Waals surface area contributed by atoms with E-state index in [1.165, 1.54) is 12.8 Å². The maximum Gasteiger partial charge on any atom is -1.00 e. The van der Waals surface area contributed by atoms with E-state index in [4.69, 9.17) is 0 Å². The zero-order valence-electron chi connectivity index (χ0n) is 7.04. The van der Waals surface area contributed by atoms with Gasteiger partial charge >= 0.3 is 75.8 Å². The first-order chi connectivity index (χ1) is 5.45. The van der Waals surface area contributed by atoms with Crippen molar-refractivity contribution in [1.29, 1.82) is 0 Å². The van der Waals surface area contributed by atoms with Gasteiger partial charge in [-0.15, -0.1) is 0 Å². The van der Waals surface area contributed by atoms with Crippen LogP contribution in [-0.4, -0.2) is 0 Å². The van der Waals surface area contributed by atoms with E-state index in [1.807, 2.05) is 0 Å². The van der Waals surface area contributed by atoms with Crippen molar-refractivity contribution in [3.63, 3.8) is 0 Å². The SMILES string of the molecule is C1=CC[C]([Mo+2][C]2=CC=CC2)=C1.[Cl-].[Cl-]. The van der Waals surface area contributed by atoms with Gasteiger partial charge in [0.1, 0.15) is 0 Å².